The monoisotopic (exact) mass is 556 g/mol. The van der Waals surface area contributed by atoms with Gasteiger partial charge in [-0.2, -0.15) is 13.2 Å². The lowest BCUT2D eigenvalue weighted by Crippen LogP contribution is -2.62. The van der Waals surface area contributed by atoms with Crippen LogP contribution in [0.1, 0.15) is 52.4 Å². The van der Waals surface area contributed by atoms with Gasteiger partial charge >= 0.3 is 12.1 Å². The Kier molecular flexibility index (Phi) is 5.51. The van der Waals surface area contributed by atoms with E-state index < -0.39 is 51.9 Å². The van der Waals surface area contributed by atoms with Gasteiger partial charge in [-0.25, -0.2) is 9.18 Å². The first kappa shape index (κ1) is 24.5. The summed E-state index contributed by atoms with van der Waals surface area (Å²) in [5.41, 5.74) is -1.43. The van der Waals surface area contributed by atoms with E-state index >= 15 is 0 Å². The molecule has 194 valence electrons. The Morgan fingerprint density at radius 1 is 1.14 bits per heavy atom. The summed E-state index contributed by atoms with van der Waals surface area (Å²) < 4.78 is 63.0. The quantitative estimate of drug-likeness (QED) is 0.272. The van der Waals surface area contributed by atoms with Crippen LogP contribution in [0.25, 0.3) is 0 Å². The third kappa shape index (κ3) is 3.79. The number of esters is 1. The molecule has 2 fully saturated rings. The van der Waals surface area contributed by atoms with Crippen LogP contribution in [0.3, 0.4) is 0 Å². The number of nitrogens with zero attached hydrogens (tertiary/aromatic N) is 2. The van der Waals surface area contributed by atoms with Crippen molar-refractivity contribution in [3.63, 3.8) is 0 Å². The maximum absolute atomic E-state index is 14.7. The number of carbonyl (C=O) groups is 2. The Hall–Kier alpha value is -2.85. The Bertz CT molecular complexity index is 1370. The predicted molar refractivity (Wildman–Crippen MR) is 124 cm³/mol. The minimum absolute atomic E-state index is 0.00291. The van der Waals surface area contributed by atoms with Crippen LogP contribution in [-0.4, -0.2) is 41.8 Å². The van der Waals surface area contributed by atoms with Crippen LogP contribution in [0.2, 0.25) is 10.0 Å². The first-order valence-electron chi connectivity index (χ1n) is 11.6. The van der Waals surface area contributed by atoms with Crippen molar-refractivity contribution in [3.8, 4) is 0 Å². The molecule has 4 aliphatic rings. The smallest absolute Gasteiger partial charge is 0.401 e. The molecular weight excluding hydrogens is 539 g/mol. The van der Waals surface area contributed by atoms with E-state index in [0.717, 1.165) is 31.4 Å². The van der Waals surface area contributed by atoms with Gasteiger partial charge in [0.15, 0.2) is 11.7 Å². The summed E-state index contributed by atoms with van der Waals surface area (Å²) in [6.45, 7) is 0.402. The number of alkyl halides is 3. The standard InChI is InChI=1S/C25H18Cl2F4N2O4/c26-13-7-15(19(28)17(27)8-13)21-18(25(29,30)31)20(32-37-21)12-4-5-16-14(6-12)23(35)36-24(16)9-33(10-24)22(34)11-2-1-3-11/h4-8,11,18,21H,1-3,9-10H2. The number of likely N-dealkylation sites (tertiary alicyclic amines) is 1. The molecule has 3 aliphatic heterocycles. The average Bonchev–Trinajstić information content (AvgIpc) is 3.33. The third-order valence-corrected chi connectivity index (χ3v) is 8.01. The molecule has 1 saturated carbocycles. The molecule has 37 heavy (non-hydrogen) atoms. The van der Waals surface area contributed by atoms with E-state index in [9.17, 15) is 27.2 Å². The highest BCUT2D eigenvalue weighted by molar-refractivity contribution is 6.34. The van der Waals surface area contributed by atoms with E-state index in [1.807, 2.05) is 0 Å². The minimum atomic E-state index is -4.88. The number of oxime groups is 1. The molecule has 0 bridgehead atoms. The average molecular weight is 557 g/mol. The number of hydrogen-bond acceptors (Lipinski definition) is 5. The van der Waals surface area contributed by atoms with Crippen LogP contribution in [-0.2, 0) is 20.0 Å². The van der Waals surface area contributed by atoms with Gasteiger partial charge in [-0.05, 0) is 31.0 Å². The number of halogens is 6. The van der Waals surface area contributed by atoms with Crippen LogP contribution in [0.5, 0.6) is 0 Å². The second kappa shape index (κ2) is 8.33. The molecule has 6 nitrogen and oxygen atoms in total. The van der Waals surface area contributed by atoms with E-state index in [0.29, 0.717) is 5.56 Å². The summed E-state index contributed by atoms with van der Waals surface area (Å²) in [6, 6.07) is 6.27. The summed E-state index contributed by atoms with van der Waals surface area (Å²) in [7, 11) is 0. The van der Waals surface area contributed by atoms with Crippen LogP contribution in [0.15, 0.2) is 35.5 Å². The Labute approximate surface area is 218 Å². The van der Waals surface area contributed by atoms with Crippen molar-refractivity contribution in [2.45, 2.75) is 37.1 Å². The van der Waals surface area contributed by atoms with E-state index in [1.54, 1.807) is 4.90 Å². The second-order valence-corrected chi connectivity index (χ2v) is 10.6. The Balaban J connectivity index is 1.30. The zero-order valence-corrected chi connectivity index (χ0v) is 20.5. The second-order valence-electron chi connectivity index (χ2n) is 9.78. The fraction of sp³-hybridized carbons (Fsp3) is 0.400. The van der Waals surface area contributed by atoms with Gasteiger partial charge in [-0.15, -0.1) is 0 Å². The van der Waals surface area contributed by atoms with Gasteiger partial charge in [0.1, 0.15) is 17.4 Å². The van der Waals surface area contributed by atoms with E-state index in [4.69, 9.17) is 32.8 Å². The van der Waals surface area contributed by atoms with Gasteiger partial charge < -0.3 is 14.5 Å². The number of carbonyl (C=O) groups excluding carboxylic acids is 2. The molecule has 2 unspecified atom stereocenters. The number of ether oxygens (including phenoxy) is 1. The molecule has 0 aromatic heterocycles. The number of fused-ring (bicyclic) bond motifs is 2. The first-order chi connectivity index (χ1) is 17.5. The van der Waals surface area contributed by atoms with Crippen molar-refractivity contribution in [2.75, 3.05) is 13.1 Å². The third-order valence-electron chi connectivity index (χ3n) is 7.52. The lowest BCUT2D eigenvalue weighted by Gasteiger charge is -2.48. The highest BCUT2D eigenvalue weighted by atomic mass is 35.5. The molecule has 1 aliphatic carbocycles. The minimum Gasteiger partial charge on any atom is -0.447 e. The van der Waals surface area contributed by atoms with E-state index in [-0.39, 0.29) is 41.1 Å². The van der Waals surface area contributed by atoms with Crippen LogP contribution >= 0.6 is 23.2 Å². The molecule has 2 aromatic carbocycles. The molecule has 12 heteroatoms. The Morgan fingerprint density at radius 2 is 1.86 bits per heavy atom. The topological polar surface area (TPSA) is 68.2 Å². The normalized spacial score (nSPS) is 24.2. The van der Waals surface area contributed by atoms with Crippen molar-refractivity contribution < 1.29 is 36.7 Å². The molecule has 1 amide bonds. The fourth-order valence-corrected chi connectivity index (χ4v) is 5.89. The molecule has 6 rings (SSSR count). The number of rotatable bonds is 3. The van der Waals surface area contributed by atoms with Gasteiger partial charge in [0.05, 0.1) is 23.7 Å². The zero-order valence-electron chi connectivity index (χ0n) is 18.9. The highest BCUT2D eigenvalue weighted by Gasteiger charge is 2.58. The molecule has 1 saturated heterocycles. The molecule has 1 spiro atoms. The number of hydrogen-bond donors (Lipinski definition) is 0. The molecule has 3 heterocycles. The summed E-state index contributed by atoms with van der Waals surface area (Å²) in [6.07, 6.45) is -4.04. The van der Waals surface area contributed by atoms with Crippen LogP contribution in [0.4, 0.5) is 17.6 Å². The van der Waals surface area contributed by atoms with Gasteiger partial charge in [-0.3, -0.25) is 4.79 Å². The van der Waals surface area contributed by atoms with Crippen molar-refractivity contribution in [1.29, 1.82) is 0 Å². The maximum atomic E-state index is 14.7. The lowest BCUT2D eigenvalue weighted by atomic mass is 9.79. The van der Waals surface area contributed by atoms with Crippen molar-refractivity contribution in [1.82, 2.24) is 4.90 Å². The summed E-state index contributed by atoms with van der Waals surface area (Å²) in [4.78, 5) is 32.0. The lowest BCUT2D eigenvalue weighted by molar-refractivity contribution is -0.178. The van der Waals surface area contributed by atoms with Crippen LogP contribution in [0, 0.1) is 17.7 Å². The Morgan fingerprint density at radius 3 is 2.51 bits per heavy atom. The van der Waals surface area contributed by atoms with Crippen molar-refractivity contribution in [2.24, 2.45) is 17.0 Å². The zero-order chi connectivity index (χ0) is 26.3. The van der Waals surface area contributed by atoms with E-state index in [2.05, 4.69) is 5.16 Å². The van der Waals surface area contributed by atoms with E-state index in [1.165, 1.54) is 18.2 Å². The van der Waals surface area contributed by atoms with Gasteiger partial charge in [0.2, 0.25) is 5.91 Å². The number of benzene rings is 2. The van der Waals surface area contributed by atoms with Gasteiger partial charge in [-0.1, -0.05) is 46.9 Å². The molecule has 0 N–H and O–H groups in total. The van der Waals surface area contributed by atoms with Gasteiger partial charge in [0, 0.05) is 27.6 Å². The van der Waals surface area contributed by atoms with Gasteiger partial charge in [0.25, 0.3) is 0 Å². The first-order valence-corrected chi connectivity index (χ1v) is 12.4. The van der Waals surface area contributed by atoms with Crippen molar-refractivity contribution >= 4 is 40.8 Å². The highest BCUT2D eigenvalue weighted by Crippen LogP contribution is 2.49. The molecule has 2 atom stereocenters. The predicted octanol–water partition coefficient (Wildman–Crippen LogP) is 5.79. The fourth-order valence-electron chi connectivity index (χ4n) is 5.38. The largest absolute Gasteiger partial charge is 0.447 e. The summed E-state index contributed by atoms with van der Waals surface area (Å²) in [5.74, 6) is -4.10. The molecular formula is C25H18Cl2F4N2O4. The summed E-state index contributed by atoms with van der Waals surface area (Å²) >= 11 is 11.7. The molecule has 2 aromatic rings. The maximum Gasteiger partial charge on any atom is 0.401 e. The number of amides is 1. The SMILES string of the molecule is O=C1OC2(CN(C(=O)C3CCC3)C2)c2ccc(C3=NOC(c4cc(Cl)cc(Cl)c4F)C3C(F)(F)F)cc21. The molecule has 0 radical (unpaired) electrons. The summed E-state index contributed by atoms with van der Waals surface area (Å²) in [5, 5.41) is 3.13. The van der Waals surface area contributed by atoms with Crippen molar-refractivity contribution in [3.05, 3.63) is 68.4 Å². The van der Waals surface area contributed by atoms with Crippen LogP contribution < -0.4 is 0 Å².